The van der Waals surface area contributed by atoms with E-state index in [0.717, 1.165) is 5.56 Å². The Morgan fingerprint density at radius 2 is 2.11 bits per heavy atom. The van der Waals surface area contributed by atoms with Crippen LogP contribution in [0.1, 0.15) is 36.3 Å². The van der Waals surface area contributed by atoms with Gasteiger partial charge >= 0.3 is 0 Å². The summed E-state index contributed by atoms with van der Waals surface area (Å²) >= 11 is 0. The summed E-state index contributed by atoms with van der Waals surface area (Å²) in [6.45, 7) is 0.0791. The van der Waals surface area contributed by atoms with Gasteiger partial charge in [-0.1, -0.05) is 30.3 Å². The predicted octanol–water partition coefficient (Wildman–Crippen LogP) is 2.19. The Morgan fingerprint density at radius 1 is 1.32 bits per heavy atom. The maximum Gasteiger partial charge on any atom is 0.104 e. The molecule has 2 N–H and O–H groups in total. The molecule has 3 atom stereocenters. The molecule has 19 heavy (non-hydrogen) atoms. The minimum atomic E-state index is -0.173. The Morgan fingerprint density at radius 3 is 2.68 bits per heavy atom. The molecular formula is C16H18N2O. The second kappa shape index (κ2) is 5.16. The molecule has 1 aliphatic heterocycles. The van der Waals surface area contributed by atoms with E-state index >= 15 is 0 Å². The smallest absolute Gasteiger partial charge is 0.104 e. The maximum absolute atomic E-state index is 9.28. The zero-order valence-corrected chi connectivity index (χ0v) is 10.8. The van der Waals surface area contributed by atoms with Crippen molar-refractivity contribution in [2.45, 2.75) is 37.3 Å². The minimum absolute atomic E-state index is 0.0150. The summed E-state index contributed by atoms with van der Waals surface area (Å²) in [7, 11) is 0. The molecule has 98 valence electrons. The molecule has 0 saturated carbocycles. The number of benzene rings is 1. The van der Waals surface area contributed by atoms with Gasteiger partial charge in [0.05, 0.1) is 12.7 Å². The molecule has 0 bridgehead atoms. The van der Waals surface area contributed by atoms with Crippen molar-refractivity contribution in [2.24, 2.45) is 0 Å². The van der Waals surface area contributed by atoms with Crippen molar-refractivity contribution in [3.8, 4) is 6.07 Å². The Labute approximate surface area is 113 Å². The highest BCUT2D eigenvalue weighted by molar-refractivity contribution is 5.67. The first-order chi connectivity index (χ1) is 9.33. The molecule has 0 amide bonds. The predicted molar refractivity (Wildman–Crippen MR) is 74.4 cm³/mol. The summed E-state index contributed by atoms with van der Waals surface area (Å²) in [5, 5.41) is 21.4. The first-order valence-electron chi connectivity index (χ1n) is 6.89. The first-order valence-corrected chi connectivity index (χ1v) is 6.89. The molecule has 3 rings (SSSR count). The number of rotatable bonds is 3. The largest absolute Gasteiger partial charge is 0.395 e. The lowest BCUT2D eigenvalue weighted by Gasteiger charge is -2.42. The number of allylic oxidation sites excluding steroid dienone is 2. The van der Waals surface area contributed by atoms with Crippen LogP contribution in [0.3, 0.4) is 0 Å². The Balaban J connectivity index is 1.80. The first kappa shape index (κ1) is 12.4. The second-order valence-corrected chi connectivity index (χ2v) is 5.33. The molecule has 1 aliphatic carbocycles. The summed E-state index contributed by atoms with van der Waals surface area (Å²) in [4.78, 5) is 0. The van der Waals surface area contributed by atoms with Gasteiger partial charge in [0, 0.05) is 12.0 Å². The summed E-state index contributed by atoms with van der Waals surface area (Å²) in [6, 6.07) is 10.6. The number of aliphatic hydroxyl groups excluding tert-OH is 1. The molecular weight excluding hydrogens is 236 g/mol. The van der Waals surface area contributed by atoms with Gasteiger partial charge in [0.25, 0.3) is 0 Å². The molecule has 1 aromatic rings. The van der Waals surface area contributed by atoms with Gasteiger partial charge in [0.15, 0.2) is 0 Å². The third-order valence-electron chi connectivity index (χ3n) is 4.23. The number of hydrogen-bond acceptors (Lipinski definition) is 3. The van der Waals surface area contributed by atoms with Crippen LogP contribution >= 0.6 is 0 Å². The van der Waals surface area contributed by atoms with Crippen LogP contribution in [0.25, 0.3) is 5.57 Å². The van der Waals surface area contributed by atoms with E-state index in [2.05, 4.69) is 41.7 Å². The highest BCUT2D eigenvalue weighted by Gasteiger charge is 2.41. The molecule has 3 nitrogen and oxygen atoms in total. The zero-order chi connectivity index (χ0) is 13.2. The molecule has 2 aliphatic rings. The van der Waals surface area contributed by atoms with Gasteiger partial charge in [-0.05, 0) is 36.0 Å². The van der Waals surface area contributed by atoms with E-state index in [1.165, 1.54) is 30.4 Å². The molecule has 3 heteroatoms. The van der Waals surface area contributed by atoms with Crippen molar-refractivity contribution in [1.82, 2.24) is 5.32 Å². The number of nitriles is 1. The van der Waals surface area contributed by atoms with Gasteiger partial charge in [0.1, 0.15) is 6.04 Å². The number of nitrogens with one attached hydrogen (secondary N) is 1. The molecule has 0 aromatic heterocycles. The fourth-order valence-corrected chi connectivity index (χ4v) is 3.11. The number of hydrogen-bond donors (Lipinski definition) is 2. The van der Waals surface area contributed by atoms with Crippen molar-refractivity contribution in [3.05, 3.63) is 41.5 Å². The minimum Gasteiger partial charge on any atom is -0.395 e. The molecule has 1 heterocycles. The van der Waals surface area contributed by atoms with E-state index in [4.69, 9.17) is 5.26 Å². The van der Waals surface area contributed by atoms with Crippen LogP contribution < -0.4 is 5.32 Å². The van der Waals surface area contributed by atoms with Gasteiger partial charge in [-0.25, -0.2) is 0 Å². The quantitative estimate of drug-likeness (QED) is 0.869. The third-order valence-corrected chi connectivity index (χ3v) is 4.23. The van der Waals surface area contributed by atoms with E-state index in [9.17, 15) is 5.11 Å². The van der Waals surface area contributed by atoms with Gasteiger partial charge in [-0.2, -0.15) is 5.26 Å². The van der Waals surface area contributed by atoms with E-state index in [0.29, 0.717) is 0 Å². The molecule has 0 radical (unpaired) electrons. The second-order valence-electron chi connectivity index (χ2n) is 5.33. The van der Waals surface area contributed by atoms with E-state index in [-0.39, 0.29) is 24.6 Å². The lowest BCUT2D eigenvalue weighted by molar-refractivity contribution is 0.151. The summed E-state index contributed by atoms with van der Waals surface area (Å²) in [5.74, 6) is 0.113. The summed E-state index contributed by atoms with van der Waals surface area (Å²) in [5.41, 5.74) is 3.88. The van der Waals surface area contributed by atoms with Crippen molar-refractivity contribution in [2.75, 3.05) is 6.61 Å². The molecule has 0 spiro atoms. The fourth-order valence-electron chi connectivity index (χ4n) is 3.11. The fraction of sp³-hybridized carbons (Fsp3) is 0.438. The van der Waals surface area contributed by atoms with Crippen LogP contribution in [0.15, 0.2) is 30.3 Å². The average Bonchev–Trinajstić information content (AvgIpc) is 2.93. The van der Waals surface area contributed by atoms with Gasteiger partial charge in [0.2, 0.25) is 0 Å². The van der Waals surface area contributed by atoms with E-state index in [1.807, 2.05) is 0 Å². The molecule has 1 saturated heterocycles. The van der Waals surface area contributed by atoms with Crippen LogP contribution in [-0.2, 0) is 0 Å². The highest BCUT2D eigenvalue weighted by Crippen LogP contribution is 2.33. The molecule has 0 unspecified atom stereocenters. The van der Waals surface area contributed by atoms with E-state index < -0.39 is 0 Å². The third kappa shape index (κ3) is 2.18. The summed E-state index contributed by atoms with van der Waals surface area (Å²) in [6.07, 6.45) is 5.93. The maximum atomic E-state index is 9.28. The Hall–Kier alpha value is -1.63. The van der Waals surface area contributed by atoms with Crippen molar-refractivity contribution in [1.29, 1.82) is 5.26 Å². The SMILES string of the molecule is N#C[C@H]1N[C@@H](CO)[C@H]1c1ccc(C2=CCCC2)cc1. The van der Waals surface area contributed by atoms with Crippen LogP contribution in [0.2, 0.25) is 0 Å². The van der Waals surface area contributed by atoms with Crippen LogP contribution in [0, 0.1) is 11.3 Å². The topological polar surface area (TPSA) is 56.0 Å². The van der Waals surface area contributed by atoms with Gasteiger partial charge < -0.3 is 5.11 Å². The zero-order valence-electron chi connectivity index (χ0n) is 10.8. The Kier molecular flexibility index (Phi) is 3.37. The van der Waals surface area contributed by atoms with Crippen molar-refractivity contribution >= 4 is 5.57 Å². The van der Waals surface area contributed by atoms with Crippen LogP contribution in [0.4, 0.5) is 0 Å². The average molecular weight is 254 g/mol. The lowest BCUT2D eigenvalue weighted by atomic mass is 9.78. The number of aliphatic hydroxyl groups is 1. The van der Waals surface area contributed by atoms with Crippen LogP contribution in [0.5, 0.6) is 0 Å². The standard InChI is InChI=1S/C16H18N2O/c17-9-14-16(15(10-19)18-14)13-7-5-12(6-8-13)11-3-1-2-4-11/h3,5-8,14-16,18-19H,1-2,4,10H2/t14-,15+,16+/m1/s1. The van der Waals surface area contributed by atoms with Gasteiger partial charge in [-0.15, -0.1) is 0 Å². The summed E-state index contributed by atoms with van der Waals surface area (Å²) < 4.78 is 0. The van der Waals surface area contributed by atoms with E-state index in [1.54, 1.807) is 0 Å². The van der Waals surface area contributed by atoms with Gasteiger partial charge in [-0.3, -0.25) is 5.32 Å². The normalized spacial score (nSPS) is 29.5. The number of nitrogens with zero attached hydrogens (tertiary/aromatic N) is 1. The van der Waals surface area contributed by atoms with Crippen molar-refractivity contribution in [3.63, 3.8) is 0 Å². The Bertz CT molecular complexity index is 527. The molecule has 1 fully saturated rings. The highest BCUT2D eigenvalue weighted by atomic mass is 16.3. The monoisotopic (exact) mass is 254 g/mol. The van der Waals surface area contributed by atoms with Crippen LogP contribution in [-0.4, -0.2) is 23.8 Å². The van der Waals surface area contributed by atoms with Crippen molar-refractivity contribution < 1.29 is 5.11 Å². The lowest BCUT2D eigenvalue weighted by Crippen LogP contribution is -2.60. The molecule has 1 aromatic carbocycles.